The minimum absolute atomic E-state index is 0.0812. The highest BCUT2D eigenvalue weighted by Crippen LogP contribution is 2.28. The van der Waals surface area contributed by atoms with Gasteiger partial charge < -0.3 is 10.3 Å². The number of nitrogens with zero attached hydrogens (tertiary/aromatic N) is 3. The lowest BCUT2D eigenvalue weighted by Gasteiger charge is -2.37. The van der Waals surface area contributed by atoms with Crippen LogP contribution in [0.4, 0.5) is 0 Å². The number of imidazole rings is 1. The summed E-state index contributed by atoms with van der Waals surface area (Å²) in [5, 5.41) is 0. The molecular weight excluding hydrogens is 316 g/mol. The first kappa shape index (κ1) is 13.8. The van der Waals surface area contributed by atoms with Crippen molar-refractivity contribution in [1.29, 1.82) is 0 Å². The number of rotatable bonds is 3. The monoisotopic (exact) mass is 334 g/mol. The smallest absolute Gasteiger partial charge is 0.122 e. The number of hydrogen-bond donors (Lipinski definition) is 1. The van der Waals surface area contributed by atoms with E-state index in [1.807, 2.05) is 12.4 Å². The van der Waals surface area contributed by atoms with Gasteiger partial charge in [-0.15, -0.1) is 0 Å². The molecule has 4 nitrogen and oxygen atoms in total. The van der Waals surface area contributed by atoms with E-state index in [1.165, 1.54) is 5.56 Å². The van der Waals surface area contributed by atoms with Crippen LogP contribution >= 0.6 is 15.9 Å². The molecule has 2 atom stereocenters. The lowest BCUT2D eigenvalue weighted by Crippen LogP contribution is -2.43. The first-order valence-corrected chi connectivity index (χ1v) is 7.69. The molecule has 0 radical (unpaired) electrons. The van der Waals surface area contributed by atoms with E-state index in [0.29, 0.717) is 0 Å². The van der Waals surface area contributed by atoms with Crippen molar-refractivity contribution >= 4 is 15.9 Å². The van der Waals surface area contributed by atoms with Crippen LogP contribution in [0.2, 0.25) is 0 Å². The largest absolute Gasteiger partial charge is 0.333 e. The summed E-state index contributed by atoms with van der Waals surface area (Å²) < 4.78 is 3.31. The number of aromatic nitrogens is 2. The fraction of sp³-hybridized carbons (Fsp3) is 0.400. The van der Waals surface area contributed by atoms with Gasteiger partial charge in [-0.25, -0.2) is 4.98 Å². The van der Waals surface area contributed by atoms with Gasteiger partial charge in [-0.1, -0.05) is 28.1 Å². The van der Waals surface area contributed by atoms with Gasteiger partial charge in [-0.05, 0) is 24.6 Å². The molecule has 5 heteroatoms. The summed E-state index contributed by atoms with van der Waals surface area (Å²) in [4.78, 5) is 6.86. The SMILES string of the molecule is CC(N)C(c1ccc(Br)cc1)N1CCn2ccnc2C1. The Bertz CT molecular complexity index is 576. The van der Waals surface area contributed by atoms with Crippen molar-refractivity contribution in [2.45, 2.75) is 32.1 Å². The summed E-state index contributed by atoms with van der Waals surface area (Å²) in [5.74, 6) is 1.12. The first-order chi connectivity index (χ1) is 9.65. The fourth-order valence-electron chi connectivity index (χ4n) is 2.94. The molecule has 2 unspecified atom stereocenters. The molecule has 2 aromatic rings. The van der Waals surface area contributed by atoms with Crippen molar-refractivity contribution in [2.24, 2.45) is 5.73 Å². The van der Waals surface area contributed by atoms with Crippen LogP contribution in [0.15, 0.2) is 41.1 Å². The van der Waals surface area contributed by atoms with Crippen LogP contribution < -0.4 is 5.73 Å². The molecule has 20 heavy (non-hydrogen) atoms. The molecular formula is C15H19BrN4. The Kier molecular flexibility index (Phi) is 3.92. The maximum atomic E-state index is 6.25. The molecule has 3 rings (SSSR count). The molecule has 106 valence electrons. The standard InChI is InChI=1S/C15H19BrN4/c1-11(17)15(12-2-4-13(16)5-3-12)20-9-8-19-7-6-18-14(19)10-20/h2-7,11,15H,8-10,17H2,1H3. The Balaban J connectivity index is 1.87. The molecule has 2 N–H and O–H groups in total. The Hall–Kier alpha value is -1.17. The van der Waals surface area contributed by atoms with Crippen LogP contribution in [0.3, 0.4) is 0 Å². The van der Waals surface area contributed by atoms with E-state index in [2.05, 4.69) is 61.6 Å². The van der Waals surface area contributed by atoms with Crippen molar-refractivity contribution in [2.75, 3.05) is 6.54 Å². The van der Waals surface area contributed by atoms with Crippen molar-refractivity contribution in [1.82, 2.24) is 14.5 Å². The minimum atomic E-state index is 0.0812. The molecule has 0 fully saturated rings. The van der Waals surface area contributed by atoms with Gasteiger partial charge >= 0.3 is 0 Å². The number of benzene rings is 1. The van der Waals surface area contributed by atoms with Gasteiger partial charge in [0.1, 0.15) is 5.82 Å². The number of hydrogen-bond acceptors (Lipinski definition) is 3. The Morgan fingerprint density at radius 1 is 1.25 bits per heavy atom. The number of fused-ring (bicyclic) bond motifs is 1. The van der Waals surface area contributed by atoms with Gasteiger partial charge in [0, 0.05) is 36.0 Å². The molecule has 1 aromatic heterocycles. The van der Waals surface area contributed by atoms with Crippen LogP contribution in [-0.2, 0) is 13.1 Å². The van der Waals surface area contributed by atoms with Crippen molar-refractivity contribution in [3.8, 4) is 0 Å². The second-order valence-electron chi connectivity index (χ2n) is 5.36. The number of halogens is 1. The summed E-state index contributed by atoms with van der Waals surface area (Å²) in [6.07, 6.45) is 3.92. The van der Waals surface area contributed by atoms with Crippen LogP contribution in [0.1, 0.15) is 24.4 Å². The Morgan fingerprint density at radius 2 is 2.00 bits per heavy atom. The second kappa shape index (κ2) is 5.68. The summed E-state index contributed by atoms with van der Waals surface area (Å²) in [5.41, 5.74) is 7.52. The summed E-state index contributed by atoms with van der Waals surface area (Å²) in [6, 6.07) is 8.77. The lowest BCUT2D eigenvalue weighted by molar-refractivity contribution is 0.136. The average Bonchev–Trinajstić information content (AvgIpc) is 2.88. The molecule has 0 bridgehead atoms. The molecule has 1 aliphatic rings. The van der Waals surface area contributed by atoms with E-state index in [9.17, 15) is 0 Å². The third-order valence-corrected chi connectivity index (χ3v) is 4.41. The second-order valence-corrected chi connectivity index (χ2v) is 6.28. The quantitative estimate of drug-likeness (QED) is 0.938. The molecule has 0 amide bonds. The van der Waals surface area contributed by atoms with E-state index >= 15 is 0 Å². The molecule has 0 spiro atoms. The molecule has 1 aromatic carbocycles. The fourth-order valence-corrected chi connectivity index (χ4v) is 3.20. The highest BCUT2D eigenvalue weighted by Gasteiger charge is 2.27. The molecule has 2 heterocycles. The normalized spacial score (nSPS) is 18.6. The predicted octanol–water partition coefficient (Wildman–Crippen LogP) is 2.55. The highest BCUT2D eigenvalue weighted by molar-refractivity contribution is 9.10. The van der Waals surface area contributed by atoms with E-state index in [0.717, 1.165) is 29.9 Å². The average molecular weight is 335 g/mol. The summed E-state index contributed by atoms with van der Waals surface area (Å²) in [7, 11) is 0. The van der Waals surface area contributed by atoms with Gasteiger partial charge in [0.05, 0.1) is 12.6 Å². The minimum Gasteiger partial charge on any atom is -0.333 e. The maximum Gasteiger partial charge on any atom is 0.122 e. The zero-order valence-electron chi connectivity index (χ0n) is 11.5. The maximum absolute atomic E-state index is 6.25. The Morgan fingerprint density at radius 3 is 2.70 bits per heavy atom. The summed E-state index contributed by atoms with van der Waals surface area (Å²) in [6.45, 7) is 4.92. The van der Waals surface area contributed by atoms with Crippen molar-refractivity contribution in [3.05, 3.63) is 52.5 Å². The van der Waals surface area contributed by atoms with Gasteiger partial charge in [0.2, 0.25) is 0 Å². The van der Waals surface area contributed by atoms with E-state index in [1.54, 1.807) is 0 Å². The van der Waals surface area contributed by atoms with Gasteiger partial charge in [0.25, 0.3) is 0 Å². The van der Waals surface area contributed by atoms with E-state index in [-0.39, 0.29) is 12.1 Å². The van der Waals surface area contributed by atoms with Gasteiger partial charge in [-0.2, -0.15) is 0 Å². The van der Waals surface area contributed by atoms with Crippen LogP contribution in [-0.4, -0.2) is 27.0 Å². The summed E-state index contributed by atoms with van der Waals surface area (Å²) >= 11 is 3.49. The molecule has 0 saturated carbocycles. The van der Waals surface area contributed by atoms with Crippen LogP contribution in [0.25, 0.3) is 0 Å². The van der Waals surface area contributed by atoms with Gasteiger partial charge in [-0.3, -0.25) is 4.90 Å². The third-order valence-electron chi connectivity index (χ3n) is 3.88. The van der Waals surface area contributed by atoms with Crippen LogP contribution in [0, 0.1) is 0 Å². The van der Waals surface area contributed by atoms with Crippen LogP contribution in [0.5, 0.6) is 0 Å². The zero-order valence-corrected chi connectivity index (χ0v) is 13.1. The van der Waals surface area contributed by atoms with E-state index in [4.69, 9.17) is 5.73 Å². The predicted molar refractivity (Wildman–Crippen MR) is 83.2 cm³/mol. The molecule has 0 saturated heterocycles. The van der Waals surface area contributed by atoms with E-state index < -0.39 is 0 Å². The lowest BCUT2D eigenvalue weighted by atomic mass is 9.98. The first-order valence-electron chi connectivity index (χ1n) is 6.90. The topological polar surface area (TPSA) is 47.1 Å². The highest BCUT2D eigenvalue weighted by atomic mass is 79.9. The van der Waals surface area contributed by atoms with Crippen molar-refractivity contribution < 1.29 is 0 Å². The van der Waals surface area contributed by atoms with Gasteiger partial charge in [0.15, 0.2) is 0 Å². The third kappa shape index (κ3) is 2.66. The Labute approximate surface area is 127 Å². The molecule has 0 aliphatic carbocycles. The molecule has 1 aliphatic heterocycles. The number of nitrogens with two attached hydrogens (primary N) is 1. The zero-order chi connectivity index (χ0) is 14.1. The van der Waals surface area contributed by atoms with Crippen molar-refractivity contribution in [3.63, 3.8) is 0 Å².